The Morgan fingerprint density at radius 1 is 0.796 bits per heavy atom. The van der Waals surface area contributed by atoms with E-state index in [0.29, 0.717) is 17.7 Å². The quantitative estimate of drug-likeness (QED) is 0.102. The number of phenolic OH excluding ortho intramolecular Hbond substituents is 1. The highest BCUT2D eigenvalue weighted by Gasteiger charge is 2.52. The second-order valence-corrected chi connectivity index (χ2v) is 14.9. The van der Waals surface area contributed by atoms with Crippen LogP contribution in [-0.2, 0) is 9.59 Å². The van der Waals surface area contributed by atoms with E-state index in [0.717, 1.165) is 85.0 Å². The number of piperidine rings is 1. The lowest BCUT2D eigenvalue weighted by Gasteiger charge is -2.61. The summed E-state index contributed by atoms with van der Waals surface area (Å²) in [5, 5.41) is 12.2. The molecule has 4 amide bonds. The first-order valence-electron chi connectivity index (χ1n) is 18.9. The van der Waals surface area contributed by atoms with Gasteiger partial charge in [0, 0.05) is 43.7 Å². The Balaban J connectivity index is 0.796. The van der Waals surface area contributed by atoms with Gasteiger partial charge < -0.3 is 19.6 Å². The molecule has 4 aromatic rings. The molecule has 4 heterocycles. The molecule has 0 radical (unpaired) electrons. The molecule has 2 N–H and O–H groups in total. The summed E-state index contributed by atoms with van der Waals surface area (Å²) < 4.78 is 6.14. The van der Waals surface area contributed by atoms with E-state index in [4.69, 9.17) is 4.74 Å². The Bertz CT molecular complexity index is 2110. The molecule has 276 valence electrons. The fourth-order valence-electron chi connectivity index (χ4n) is 8.52. The number of benzene rings is 4. The predicted octanol–water partition coefficient (Wildman–Crippen LogP) is 6.14. The van der Waals surface area contributed by atoms with E-state index in [2.05, 4.69) is 58.4 Å². The molecule has 8 rings (SSSR count). The van der Waals surface area contributed by atoms with Gasteiger partial charge in [-0.25, -0.2) is 0 Å². The van der Waals surface area contributed by atoms with E-state index < -0.39 is 23.8 Å². The summed E-state index contributed by atoms with van der Waals surface area (Å²) in [6.45, 7) is 7.72. The van der Waals surface area contributed by atoms with Crippen LogP contribution in [0.1, 0.15) is 76.4 Å². The van der Waals surface area contributed by atoms with Crippen LogP contribution in [0.3, 0.4) is 0 Å². The largest absolute Gasteiger partial charge is 0.508 e. The molecule has 0 bridgehead atoms. The maximum absolute atomic E-state index is 13.3. The topological polar surface area (TPSA) is 119 Å². The molecular formula is C44H44N4O6. The fourth-order valence-corrected chi connectivity index (χ4v) is 8.52. The molecular weight excluding hydrogens is 681 g/mol. The van der Waals surface area contributed by atoms with Crippen LogP contribution in [0.25, 0.3) is 11.1 Å². The van der Waals surface area contributed by atoms with Crippen molar-refractivity contribution in [3.63, 3.8) is 0 Å². The number of amides is 4. The van der Waals surface area contributed by atoms with Gasteiger partial charge in [0.25, 0.3) is 11.8 Å². The normalized spacial score (nSPS) is 19.6. The van der Waals surface area contributed by atoms with Gasteiger partial charge in [0.2, 0.25) is 11.8 Å². The summed E-state index contributed by atoms with van der Waals surface area (Å²) in [6, 6.07) is 30.6. The third-order valence-electron chi connectivity index (χ3n) is 11.2. The van der Waals surface area contributed by atoms with Crippen molar-refractivity contribution in [2.24, 2.45) is 5.41 Å². The van der Waals surface area contributed by atoms with Crippen molar-refractivity contribution in [2.75, 3.05) is 44.2 Å². The van der Waals surface area contributed by atoms with Crippen LogP contribution in [-0.4, -0.2) is 83.9 Å². The molecule has 0 saturated carbocycles. The van der Waals surface area contributed by atoms with Crippen molar-refractivity contribution >= 4 is 40.5 Å². The average Bonchev–Trinajstić information content (AvgIpc) is 3.39. The number of aromatic hydroxyl groups is 1. The van der Waals surface area contributed by atoms with Gasteiger partial charge >= 0.3 is 0 Å². The first-order valence-corrected chi connectivity index (χ1v) is 18.9. The molecule has 1 spiro atoms. The van der Waals surface area contributed by atoms with E-state index in [1.165, 1.54) is 11.1 Å². The number of likely N-dealkylation sites (tertiary alicyclic amines) is 1. The molecule has 3 saturated heterocycles. The van der Waals surface area contributed by atoms with Crippen LogP contribution in [0.4, 0.5) is 5.69 Å². The second-order valence-electron chi connectivity index (χ2n) is 14.9. The fraction of sp³-hybridized carbons (Fsp3) is 0.318. The van der Waals surface area contributed by atoms with E-state index in [1.807, 2.05) is 36.4 Å². The van der Waals surface area contributed by atoms with Crippen molar-refractivity contribution in [1.82, 2.24) is 15.1 Å². The molecule has 1 atom stereocenters. The summed E-state index contributed by atoms with van der Waals surface area (Å²) in [7, 11) is 0. The third kappa shape index (κ3) is 6.78. The van der Waals surface area contributed by atoms with Gasteiger partial charge in [0.1, 0.15) is 17.5 Å². The number of nitrogens with one attached hydrogen (secondary N) is 1. The number of ether oxygens (including phenoxy) is 1. The van der Waals surface area contributed by atoms with Gasteiger partial charge in [-0.3, -0.25) is 29.4 Å². The molecule has 54 heavy (non-hydrogen) atoms. The second kappa shape index (κ2) is 14.6. The number of hydrogen-bond donors (Lipinski definition) is 2. The highest BCUT2D eigenvalue weighted by atomic mass is 16.5. The van der Waals surface area contributed by atoms with Crippen molar-refractivity contribution in [3.8, 4) is 11.5 Å². The Kier molecular flexibility index (Phi) is 9.54. The van der Waals surface area contributed by atoms with Crippen LogP contribution in [0, 0.1) is 5.41 Å². The van der Waals surface area contributed by atoms with Crippen LogP contribution in [0.2, 0.25) is 0 Å². The van der Waals surface area contributed by atoms with Crippen LogP contribution in [0.15, 0.2) is 97.1 Å². The Morgan fingerprint density at radius 3 is 2.17 bits per heavy atom. The van der Waals surface area contributed by atoms with Crippen molar-refractivity contribution in [2.45, 2.75) is 45.1 Å². The predicted molar refractivity (Wildman–Crippen MR) is 206 cm³/mol. The van der Waals surface area contributed by atoms with Crippen LogP contribution < -0.4 is 15.0 Å². The van der Waals surface area contributed by atoms with Gasteiger partial charge in [-0.05, 0) is 103 Å². The Hall–Kier alpha value is -5.74. The molecule has 0 aromatic heterocycles. The van der Waals surface area contributed by atoms with Crippen molar-refractivity contribution in [1.29, 1.82) is 0 Å². The van der Waals surface area contributed by atoms with Crippen LogP contribution in [0.5, 0.6) is 11.5 Å². The number of hydrogen-bond acceptors (Lipinski definition) is 8. The monoisotopic (exact) mass is 724 g/mol. The lowest BCUT2D eigenvalue weighted by molar-refractivity contribution is -0.136. The summed E-state index contributed by atoms with van der Waals surface area (Å²) in [5.41, 5.74) is 7.52. The maximum Gasteiger partial charge on any atom is 0.262 e. The zero-order valence-corrected chi connectivity index (χ0v) is 30.4. The van der Waals surface area contributed by atoms with Gasteiger partial charge in [0.05, 0.1) is 17.7 Å². The van der Waals surface area contributed by atoms with E-state index >= 15 is 0 Å². The summed E-state index contributed by atoms with van der Waals surface area (Å²) in [6.07, 6.45) is 3.12. The van der Waals surface area contributed by atoms with E-state index in [1.54, 1.807) is 24.3 Å². The number of carbonyl (C=O) groups excluding carboxylic acids is 4. The third-order valence-corrected chi connectivity index (χ3v) is 11.2. The molecule has 3 fully saturated rings. The first-order chi connectivity index (χ1) is 26.2. The minimum Gasteiger partial charge on any atom is -0.508 e. The number of anilines is 1. The standard InChI is InChI=1S/C44H44N4O6/c1-2-35(29-8-4-3-5-9-29)40(30-10-15-33(49)16-11-30)31-12-17-34(18-13-31)54-23-7-6-22-46-25-44(26-46)27-47(28-44)32-14-19-36-37(24-32)43(53)48(42(36)52)38-20-21-39(50)45-41(38)51/h3-5,8-19,24,38,49H,2,6-7,20-23,25-28H2,1H3,(H,45,50,51)/b40-35-. The zero-order valence-electron chi connectivity index (χ0n) is 30.4. The average molecular weight is 725 g/mol. The minimum absolute atomic E-state index is 0.101. The van der Waals surface area contributed by atoms with Gasteiger partial charge in [-0.1, -0.05) is 61.5 Å². The maximum atomic E-state index is 13.3. The van der Waals surface area contributed by atoms with Gasteiger partial charge in [-0.15, -0.1) is 0 Å². The molecule has 1 unspecified atom stereocenters. The van der Waals surface area contributed by atoms with Crippen molar-refractivity contribution < 1.29 is 29.0 Å². The smallest absolute Gasteiger partial charge is 0.262 e. The lowest BCUT2D eigenvalue weighted by Crippen LogP contribution is -2.72. The molecule has 10 heteroatoms. The zero-order chi connectivity index (χ0) is 37.4. The Morgan fingerprint density at radius 2 is 1.48 bits per heavy atom. The van der Waals surface area contributed by atoms with E-state index in [-0.39, 0.29) is 29.9 Å². The van der Waals surface area contributed by atoms with Crippen LogP contribution >= 0.6 is 0 Å². The summed E-state index contributed by atoms with van der Waals surface area (Å²) >= 11 is 0. The number of phenols is 1. The van der Waals surface area contributed by atoms with Crippen molar-refractivity contribution in [3.05, 3.63) is 125 Å². The number of unbranched alkanes of at least 4 members (excludes halogenated alkanes) is 1. The number of fused-ring (bicyclic) bond motifs is 1. The molecule has 4 aliphatic rings. The number of nitrogens with zero attached hydrogens (tertiary/aromatic N) is 3. The number of carbonyl (C=O) groups is 4. The summed E-state index contributed by atoms with van der Waals surface area (Å²) in [5.74, 6) is -0.842. The molecule has 0 aliphatic carbocycles. The summed E-state index contributed by atoms with van der Waals surface area (Å²) in [4.78, 5) is 56.0. The SMILES string of the molecule is CC/C(=C(\c1ccc(O)cc1)c1ccc(OCCCCN2CC3(C2)CN(c2ccc4c(c2)C(=O)N(C2CCC(=O)NC2=O)C4=O)C3)cc1)c1ccccc1. The first kappa shape index (κ1) is 35.3. The molecule has 10 nitrogen and oxygen atoms in total. The number of rotatable bonds is 12. The Labute approximate surface area is 315 Å². The van der Waals surface area contributed by atoms with Gasteiger partial charge in [0.15, 0.2) is 0 Å². The number of allylic oxidation sites excluding steroid dienone is 1. The lowest BCUT2D eigenvalue weighted by atomic mass is 9.72. The minimum atomic E-state index is -0.959. The highest BCUT2D eigenvalue weighted by molar-refractivity contribution is 6.23. The number of imide groups is 2. The van der Waals surface area contributed by atoms with E-state index in [9.17, 15) is 24.3 Å². The highest BCUT2D eigenvalue weighted by Crippen LogP contribution is 2.43. The molecule has 4 aliphatic heterocycles. The van der Waals surface area contributed by atoms with Gasteiger partial charge in [-0.2, -0.15) is 0 Å². The molecule has 4 aromatic carbocycles.